The fraction of sp³-hybridized carbons (Fsp3) is 0.450. The maximum Gasteiger partial charge on any atom is 0.220 e. The summed E-state index contributed by atoms with van der Waals surface area (Å²) in [6.07, 6.45) is 2.24. The quantitative estimate of drug-likeness (QED) is 0.581. The number of fused-ring (bicyclic) bond motifs is 3. The zero-order valence-corrected chi connectivity index (χ0v) is 17.0. The van der Waals surface area contributed by atoms with E-state index in [-0.39, 0.29) is 18.3 Å². The van der Waals surface area contributed by atoms with Gasteiger partial charge in [0.25, 0.3) is 0 Å². The second-order valence-corrected chi connectivity index (χ2v) is 6.61. The lowest BCUT2D eigenvalue weighted by Crippen LogP contribution is -2.32. The van der Waals surface area contributed by atoms with Crippen molar-refractivity contribution >= 4 is 34.9 Å². The third kappa shape index (κ3) is 4.76. The van der Waals surface area contributed by atoms with Gasteiger partial charge in [-0.05, 0) is 50.9 Å². The highest BCUT2D eigenvalue weighted by Crippen LogP contribution is 2.22. The number of nitrogens with one attached hydrogen (secondary N) is 2. The number of halogens is 1. The van der Waals surface area contributed by atoms with Crippen LogP contribution < -0.4 is 10.6 Å². The first kappa shape index (κ1) is 21.1. The number of benzene rings is 1. The van der Waals surface area contributed by atoms with Crippen molar-refractivity contribution in [2.45, 2.75) is 40.0 Å². The lowest BCUT2D eigenvalue weighted by atomic mass is 10.1. The summed E-state index contributed by atoms with van der Waals surface area (Å²) in [7, 11) is 0. The van der Waals surface area contributed by atoms with Crippen molar-refractivity contribution in [1.29, 1.82) is 0 Å². The third-order valence-corrected chi connectivity index (χ3v) is 4.67. The minimum atomic E-state index is 0. The van der Waals surface area contributed by atoms with E-state index in [0.717, 1.165) is 53.0 Å². The fourth-order valence-corrected chi connectivity index (χ4v) is 3.26. The van der Waals surface area contributed by atoms with Crippen LogP contribution in [0.15, 0.2) is 24.3 Å². The van der Waals surface area contributed by atoms with Gasteiger partial charge < -0.3 is 10.6 Å². The maximum absolute atomic E-state index is 12.1. The summed E-state index contributed by atoms with van der Waals surface area (Å²) in [5, 5.41) is 12.0. The summed E-state index contributed by atoms with van der Waals surface area (Å²) >= 11 is 0. The Morgan fingerprint density at radius 1 is 1.15 bits per heavy atom. The van der Waals surface area contributed by atoms with Gasteiger partial charge in [0.2, 0.25) is 5.91 Å². The lowest BCUT2D eigenvalue weighted by molar-refractivity contribution is -0.121. The van der Waals surface area contributed by atoms with Crippen LogP contribution >= 0.6 is 12.4 Å². The molecule has 27 heavy (non-hydrogen) atoms. The van der Waals surface area contributed by atoms with Gasteiger partial charge in [-0.2, -0.15) is 5.10 Å². The van der Waals surface area contributed by atoms with E-state index in [9.17, 15) is 4.79 Å². The summed E-state index contributed by atoms with van der Waals surface area (Å²) in [6.45, 7) is 8.65. The predicted molar refractivity (Wildman–Crippen MR) is 112 cm³/mol. The van der Waals surface area contributed by atoms with Crippen LogP contribution in [0.3, 0.4) is 0 Å². The van der Waals surface area contributed by atoms with E-state index < -0.39 is 0 Å². The smallest absolute Gasteiger partial charge is 0.220 e. The Hall–Kier alpha value is -2.18. The summed E-state index contributed by atoms with van der Waals surface area (Å²) in [5.41, 5.74) is 4.95. The molecular formula is C20H28ClN5O. The topological polar surface area (TPSA) is 71.3 Å². The molecule has 0 saturated carbocycles. The Balaban J connectivity index is 0.00000261. The summed E-state index contributed by atoms with van der Waals surface area (Å²) < 4.78 is 1.90. The number of aromatic nitrogens is 3. The maximum atomic E-state index is 12.1. The van der Waals surface area contributed by atoms with Crippen molar-refractivity contribution in [2.24, 2.45) is 0 Å². The molecule has 0 radical (unpaired) electrons. The molecule has 2 aromatic heterocycles. The number of hydrogen-bond acceptors (Lipinski definition) is 4. The summed E-state index contributed by atoms with van der Waals surface area (Å²) in [6, 6.07) is 8.03. The molecule has 1 aromatic carbocycles. The van der Waals surface area contributed by atoms with Crippen LogP contribution in [0.4, 0.5) is 0 Å². The first-order valence-corrected chi connectivity index (χ1v) is 9.32. The molecule has 0 aliphatic carbocycles. The van der Waals surface area contributed by atoms with Gasteiger partial charge in [0, 0.05) is 36.3 Å². The van der Waals surface area contributed by atoms with Crippen molar-refractivity contribution in [3.8, 4) is 0 Å². The van der Waals surface area contributed by atoms with Gasteiger partial charge in [0.05, 0.1) is 5.52 Å². The van der Waals surface area contributed by atoms with Gasteiger partial charge in [0.15, 0.2) is 5.65 Å². The standard InChI is InChI=1S/C20H27N5O.ClH/c1-4-11-21-12-13-22-19(26)10-9-16-14(2)23-20-17-7-5-6-8-18(17)24-25(20)15(16)3;/h5-8,21H,4,9-13H2,1-3H3,(H,22,26);1H. The summed E-state index contributed by atoms with van der Waals surface area (Å²) in [5.74, 6) is 0.0767. The Morgan fingerprint density at radius 3 is 2.70 bits per heavy atom. The molecule has 0 saturated heterocycles. The SMILES string of the molecule is CCCNCCNC(=O)CCc1c(C)nc2c3ccccc3nn2c1C.Cl. The van der Waals surface area contributed by atoms with Crippen molar-refractivity contribution in [3.63, 3.8) is 0 Å². The molecular weight excluding hydrogens is 362 g/mol. The number of hydrogen-bond donors (Lipinski definition) is 2. The van der Waals surface area contributed by atoms with Crippen LogP contribution in [-0.2, 0) is 11.2 Å². The molecule has 0 spiro atoms. The Bertz CT molecular complexity index is 922. The molecule has 6 nitrogen and oxygen atoms in total. The van der Waals surface area contributed by atoms with E-state index in [4.69, 9.17) is 4.98 Å². The molecule has 3 rings (SSSR count). The van der Waals surface area contributed by atoms with Gasteiger partial charge in [0.1, 0.15) is 0 Å². The minimum absolute atomic E-state index is 0. The van der Waals surface area contributed by atoms with Gasteiger partial charge in [-0.25, -0.2) is 9.50 Å². The molecule has 7 heteroatoms. The van der Waals surface area contributed by atoms with Gasteiger partial charge in [-0.15, -0.1) is 12.4 Å². The normalized spacial score (nSPS) is 10.9. The molecule has 0 aliphatic rings. The molecule has 0 aliphatic heterocycles. The zero-order valence-electron chi connectivity index (χ0n) is 16.2. The molecule has 3 aromatic rings. The fourth-order valence-electron chi connectivity index (χ4n) is 3.26. The number of aryl methyl sites for hydroxylation is 2. The van der Waals surface area contributed by atoms with Gasteiger partial charge >= 0.3 is 0 Å². The van der Waals surface area contributed by atoms with Crippen LogP contribution in [0, 0.1) is 13.8 Å². The van der Waals surface area contributed by atoms with E-state index >= 15 is 0 Å². The molecule has 1 amide bonds. The predicted octanol–water partition coefficient (Wildman–Crippen LogP) is 2.97. The van der Waals surface area contributed by atoms with E-state index in [1.54, 1.807) is 0 Å². The lowest BCUT2D eigenvalue weighted by Gasteiger charge is -2.11. The minimum Gasteiger partial charge on any atom is -0.355 e. The summed E-state index contributed by atoms with van der Waals surface area (Å²) in [4.78, 5) is 16.9. The molecule has 146 valence electrons. The largest absolute Gasteiger partial charge is 0.355 e. The second kappa shape index (κ2) is 9.67. The third-order valence-electron chi connectivity index (χ3n) is 4.67. The van der Waals surface area contributed by atoms with E-state index in [1.165, 1.54) is 0 Å². The van der Waals surface area contributed by atoms with Crippen molar-refractivity contribution in [2.75, 3.05) is 19.6 Å². The highest BCUT2D eigenvalue weighted by molar-refractivity contribution is 5.92. The average molecular weight is 390 g/mol. The molecule has 2 heterocycles. The van der Waals surface area contributed by atoms with Crippen molar-refractivity contribution in [1.82, 2.24) is 25.2 Å². The molecule has 2 N–H and O–H groups in total. The highest BCUT2D eigenvalue weighted by atomic mass is 35.5. The number of carbonyl (C=O) groups is 1. The van der Waals surface area contributed by atoms with Crippen LogP contribution in [0.5, 0.6) is 0 Å². The van der Waals surface area contributed by atoms with Gasteiger partial charge in [-0.3, -0.25) is 4.79 Å². The Labute approximate surface area is 166 Å². The molecule has 0 unspecified atom stereocenters. The molecule has 0 bridgehead atoms. The monoisotopic (exact) mass is 389 g/mol. The first-order valence-electron chi connectivity index (χ1n) is 9.32. The molecule has 0 atom stereocenters. The van der Waals surface area contributed by atoms with Crippen LogP contribution in [0.25, 0.3) is 16.6 Å². The van der Waals surface area contributed by atoms with E-state index in [2.05, 4.69) is 29.6 Å². The first-order chi connectivity index (χ1) is 12.6. The van der Waals surface area contributed by atoms with Crippen molar-refractivity contribution in [3.05, 3.63) is 41.2 Å². The molecule has 0 fully saturated rings. The second-order valence-electron chi connectivity index (χ2n) is 6.61. The Morgan fingerprint density at radius 2 is 1.93 bits per heavy atom. The number of amides is 1. The van der Waals surface area contributed by atoms with Gasteiger partial charge in [-0.1, -0.05) is 19.1 Å². The number of rotatable bonds is 8. The highest BCUT2D eigenvalue weighted by Gasteiger charge is 2.14. The van der Waals surface area contributed by atoms with Crippen LogP contribution in [0.2, 0.25) is 0 Å². The van der Waals surface area contributed by atoms with Crippen LogP contribution in [0.1, 0.15) is 36.7 Å². The van der Waals surface area contributed by atoms with E-state index in [1.807, 2.05) is 35.7 Å². The van der Waals surface area contributed by atoms with Crippen LogP contribution in [-0.4, -0.2) is 40.1 Å². The average Bonchev–Trinajstić information content (AvgIpc) is 3.00. The zero-order chi connectivity index (χ0) is 18.5. The van der Waals surface area contributed by atoms with Crippen molar-refractivity contribution < 1.29 is 4.79 Å². The van der Waals surface area contributed by atoms with E-state index in [0.29, 0.717) is 19.4 Å². The number of carbonyl (C=O) groups excluding carboxylic acids is 1. The Kier molecular flexibility index (Phi) is 7.56. The number of nitrogens with zero attached hydrogens (tertiary/aromatic N) is 3.